The molecule has 6 nitrogen and oxygen atoms in total. The molecule has 0 bridgehead atoms. The fraction of sp³-hybridized carbons (Fsp3) is 0.118. The first-order chi connectivity index (χ1) is 12.0. The van der Waals surface area contributed by atoms with Crippen LogP contribution in [0.15, 0.2) is 30.3 Å². The number of nitrogens with two attached hydrogens (primary N) is 2. The van der Waals surface area contributed by atoms with Gasteiger partial charge in [0, 0.05) is 11.6 Å². The molecule has 0 unspecified atom stereocenters. The minimum atomic E-state index is -0.252. The molecule has 0 aliphatic carbocycles. The monoisotopic (exact) mass is 372 g/mol. The number of H-pyrrole nitrogens is 1. The number of thiophene rings is 1. The Morgan fingerprint density at radius 1 is 1.32 bits per heavy atom. The van der Waals surface area contributed by atoms with Gasteiger partial charge in [-0.15, -0.1) is 0 Å². The van der Waals surface area contributed by atoms with E-state index in [2.05, 4.69) is 10.3 Å². The Kier molecular flexibility index (Phi) is 4.74. The second-order valence-electron chi connectivity index (χ2n) is 5.43. The Morgan fingerprint density at radius 3 is 2.72 bits per heavy atom. The first-order valence-electron chi connectivity index (χ1n) is 7.46. The number of hydrogen-bond acceptors (Lipinski definition) is 5. The number of rotatable bonds is 4. The van der Waals surface area contributed by atoms with Gasteiger partial charge < -0.3 is 11.1 Å². The number of benzene rings is 1. The lowest BCUT2D eigenvalue weighted by Gasteiger charge is -2.05. The molecule has 2 aromatic heterocycles. The Morgan fingerprint density at radius 2 is 2.04 bits per heavy atom. The number of amides is 1. The SMILES string of the molecule is N#Cc1cc2c(N)c(C(=O)NCCc3ccc(Cl)cc3)sc2[nH+]c1N. The Balaban J connectivity index is 1.74. The van der Waals surface area contributed by atoms with Crippen molar-refractivity contribution in [2.45, 2.75) is 6.42 Å². The van der Waals surface area contributed by atoms with Crippen LogP contribution in [0.2, 0.25) is 5.02 Å². The van der Waals surface area contributed by atoms with Crippen LogP contribution in [0.4, 0.5) is 11.5 Å². The quantitative estimate of drug-likeness (QED) is 0.651. The van der Waals surface area contributed by atoms with Crippen molar-refractivity contribution in [3.8, 4) is 6.07 Å². The summed E-state index contributed by atoms with van der Waals surface area (Å²) in [6, 6.07) is 11.1. The van der Waals surface area contributed by atoms with E-state index >= 15 is 0 Å². The highest BCUT2D eigenvalue weighted by Crippen LogP contribution is 2.32. The fourth-order valence-electron chi connectivity index (χ4n) is 2.42. The summed E-state index contributed by atoms with van der Waals surface area (Å²) in [7, 11) is 0. The van der Waals surface area contributed by atoms with Gasteiger partial charge >= 0.3 is 0 Å². The van der Waals surface area contributed by atoms with Crippen molar-refractivity contribution in [3.63, 3.8) is 0 Å². The number of aromatic amines is 1. The number of carbonyl (C=O) groups excluding carboxylic acids is 1. The molecule has 0 aliphatic heterocycles. The van der Waals surface area contributed by atoms with E-state index in [4.69, 9.17) is 28.3 Å². The number of nitriles is 1. The predicted octanol–water partition coefficient (Wildman–Crippen LogP) is 2.38. The van der Waals surface area contributed by atoms with E-state index in [-0.39, 0.29) is 11.7 Å². The highest BCUT2D eigenvalue weighted by molar-refractivity contribution is 7.20. The number of carbonyl (C=O) groups is 1. The van der Waals surface area contributed by atoms with Crippen LogP contribution in [-0.4, -0.2) is 12.5 Å². The van der Waals surface area contributed by atoms with Crippen molar-refractivity contribution >= 4 is 50.6 Å². The average molecular weight is 373 g/mol. The molecule has 1 aromatic carbocycles. The number of hydrogen-bond donors (Lipinski definition) is 3. The minimum Gasteiger partial charge on any atom is -0.397 e. The van der Waals surface area contributed by atoms with Crippen LogP contribution in [0.25, 0.3) is 10.2 Å². The Bertz CT molecular complexity index is 991. The first kappa shape index (κ1) is 17.0. The van der Waals surface area contributed by atoms with Gasteiger partial charge in [-0.1, -0.05) is 35.1 Å². The highest BCUT2D eigenvalue weighted by atomic mass is 35.5. The number of nitrogens with zero attached hydrogens (tertiary/aromatic N) is 1. The Labute approximate surface area is 153 Å². The predicted molar refractivity (Wildman–Crippen MR) is 99.4 cm³/mol. The topological polar surface area (TPSA) is 119 Å². The van der Waals surface area contributed by atoms with Crippen molar-refractivity contribution in [1.29, 1.82) is 5.26 Å². The molecule has 2 heterocycles. The standard InChI is InChI=1S/C17H14ClN5OS/c18-11-3-1-9(2-4-11)5-6-22-16(24)14-13(20)12-7-10(8-19)15(21)23-17(12)25-14/h1-4,7H,5-6,20H2,(H2,21,23)(H,22,24)/p+1. The van der Waals surface area contributed by atoms with Gasteiger partial charge in [0.25, 0.3) is 11.7 Å². The van der Waals surface area contributed by atoms with Crippen LogP contribution in [0, 0.1) is 11.3 Å². The number of nitrogens with one attached hydrogen (secondary N) is 2. The normalized spacial score (nSPS) is 10.6. The van der Waals surface area contributed by atoms with Crippen LogP contribution in [-0.2, 0) is 6.42 Å². The number of fused-ring (bicyclic) bond motifs is 1. The summed E-state index contributed by atoms with van der Waals surface area (Å²) < 4.78 is 0. The molecule has 0 fully saturated rings. The molecule has 0 saturated carbocycles. The zero-order valence-electron chi connectivity index (χ0n) is 13.1. The largest absolute Gasteiger partial charge is 0.397 e. The van der Waals surface area contributed by atoms with Crippen LogP contribution in [0.3, 0.4) is 0 Å². The molecule has 8 heteroatoms. The van der Waals surface area contributed by atoms with E-state index in [1.807, 2.05) is 30.3 Å². The molecule has 0 saturated heterocycles. The molecule has 0 radical (unpaired) electrons. The zero-order chi connectivity index (χ0) is 18.0. The van der Waals surface area contributed by atoms with Gasteiger partial charge in [0.05, 0.1) is 11.1 Å². The fourth-order valence-corrected chi connectivity index (χ4v) is 3.57. The zero-order valence-corrected chi connectivity index (χ0v) is 14.7. The maximum absolute atomic E-state index is 12.4. The third kappa shape index (κ3) is 3.50. The molecule has 126 valence electrons. The molecular weight excluding hydrogens is 358 g/mol. The van der Waals surface area contributed by atoms with Crippen LogP contribution < -0.4 is 21.8 Å². The second kappa shape index (κ2) is 6.97. The molecule has 1 amide bonds. The van der Waals surface area contributed by atoms with Gasteiger partial charge in [-0.05, 0) is 30.2 Å². The van der Waals surface area contributed by atoms with Crippen LogP contribution in [0.1, 0.15) is 20.8 Å². The summed E-state index contributed by atoms with van der Waals surface area (Å²) in [6.07, 6.45) is 0.686. The molecule has 0 atom stereocenters. The van der Waals surface area contributed by atoms with E-state index in [9.17, 15) is 4.79 Å². The molecule has 0 spiro atoms. The van der Waals surface area contributed by atoms with Gasteiger partial charge in [0.15, 0.2) is 4.83 Å². The average Bonchev–Trinajstić information content (AvgIpc) is 2.91. The molecule has 0 aliphatic rings. The molecule has 25 heavy (non-hydrogen) atoms. The second-order valence-corrected chi connectivity index (χ2v) is 6.89. The van der Waals surface area contributed by atoms with Crippen LogP contribution in [0.5, 0.6) is 0 Å². The molecular formula is C17H15ClN5OS+. The van der Waals surface area contributed by atoms with Crippen molar-refractivity contribution < 1.29 is 9.78 Å². The third-order valence-electron chi connectivity index (χ3n) is 3.75. The van der Waals surface area contributed by atoms with E-state index in [0.29, 0.717) is 44.3 Å². The van der Waals surface area contributed by atoms with Gasteiger partial charge in [-0.2, -0.15) is 5.26 Å². The van der Waals surface area contributed by atoms with E-state index < -0.39 is 0 Å². The first-order valence-corrected chi connectivity index (χ1v) is 8.65. The lowest BCUT2D eigenvalue weighted by atomic mass is 10.1. The summed E-state index contributed by atoms with van der Waals surface area (Å²) in [6.45, 7) is 0.476. The number of halogens is 1. The third-order valence-corrected chi connectivity index (χ3v) is 5.14. The van der Waals surface area contributed by atoms with Crippen molar-refractivity contribution in [2.24, 2.45) is 0 Å². The Hall–Kier alpha value is -2.82. The summed E-state index contributed by atoms with van der Waals surface area (Å²) in [5, 5.41) is 13.2. The van der Waals surface area contributed by atoms with E-state index in [1.165, 1.54) is 11.3 Å². The summed E-state index contributed by atoms with van der Waals surface area (Å²) in [4.78, 5) is 16.4. The lowest BCUT2D eigenvalue weighted by molar-refractivity contribution is -0.323. The molecule has 3 aromatic rings. The number of anilines is 2. The number of nitrogen functional groups attached to an aromatic ring is 2. The van der Waals surface area contributed by atoms with Crippen molar-refractivity contribution in [3.05, 3.63) is 51.4 Å². The van der Waals surface area contributed by atoms with Gasteiger partial charge in [0.1, 0.15) is 16.5 Å². The minimum absolute atomic E-state index is 0.252. The van der Waals surface area contributed by atoms with Crippen molar-refractivity contribution in [1.82, 2.24) is 5.32 Å². The summed E-state index contributed by atoms with van der Waals surface area (Å²) >= 11 is 7.06. The summed E-state index contributed by atoms with van der Waals surface area (Å²) in [5.41, 5.74) is 13.6. The van der Waals surface area contributed by atoms with Crippen molar-refractivity contribution in [2.75, 3.05) is 18.0 Å². The van der Waals surface area contributed by atoms with Gasteiger partial charge in [-0.3, -0.25) is 10.5 Å². The van der Waals surface area contributed by atoms with Gasteiger partial charge in [0.2, 0.25) is 0 Å². The highest BCUT2D eigenvalue weighted by Gasteiger charge is 2.20. The lowest BCUT2D eigenvalue weighted by Crippen LogP contribution is -2.25. The van der Waals surface area contributed by atoms with Gasteiger partial charge in [-0.25, -0.2) is 4.98 Å². The summed E-state index contributed by atoms with van der Waals surface area (Å²) in [5.74, 6) is 0.00379. The number of aromatic nitrogens is 1. The van der Waals surface area contributed by atoms with Crippen LogP contribution >= 0.6 is 22.9 Å². The molecule has 6 N–H and O–H groups in total. The number of pyridine rings is 1. The van der Waals surface area contributed by atoms with E-state index in [1.54, 1.807) is 6.07 Å². The van der Waals surface area contributed by atoms with E-state index in [0.717, 1.165) is 5.56 Å². The molecule has 3 rings (SSSR count). The maximum Gasteiger partial charge on any atom is 0.289 e. The smallest absolute Gasteiger partial charge is 0.289 e. The maximum atomic E-state index is 12.4.